The van der Waals surface area contributed by atoms with E-state index in [1.807, 2.05) is 4.72 Å². The number of amides is 1. The fraction of sp³-hybridized carbons (Fsp3) is 0.588. The number of carbonyl (C=O) groups excluding carboxylic acids is 1. The Balaban J connectivity index is 1.54. The number of halogens is 1. The Hall–Kier alpha value is -1.67. The van der Waals surface area contributed by atoms with Gasteiger partial charge in [0, 0.05) is 5.92 Å². The smallest absolute Gasteiger partial charge is 0.421 e. The first-order valence-corrected chi connectivity index (χ1v) is 10.2. The summed E-state index contributed by atoms with van der Waals surface area (Å²) >= 11 is 0. The van der Waals surface area contributed by atoms with E-state index in [9.17, 15) is 17.6 Å². The average Bonchev–Trinajstić information content (AvgIpc) is 2.60. The topological polar surface area (TPSA) is 76.9 Å². The van der Waals surface area contributed by atoms with Crippen LogP contribution in [0.25, 0.3) is 0 Å². The third-order valence-corrected chi connectivity index (χ3v) is 6.53. The monoisotopic (exact) mass is 371 g/mol. The van der Waals surface area contributed by atoms with Crippen LogP contribution in [-0.4, -0.2) is 40.2 Å². The number of nitrogens with one attached hydrogen (secondary N) is 2. The van der Waals surface area contributed by atoms with Gasteiger partial charge in [0.05, 0.1) is 24.0 Å². The maximum Gasteiger partial charge on any atom is 0.421 e. The third-order valence-electron chi connectivity index (χ3n) is 5.20. The predicted molar refractivity (Wildman–Crippen MR) is 89.1 cm³/mol. The van der Waals surface area contributed by atoms with Crippen LogP contribution < -0.4 is 9.62 Å². The van der Waals surface area contributed by atoms with Gasteiger partial charge in [-0.25, -0.2) is 22.3 Å². The number of carbonyl (C=O) groups is 1. The van der Waals surface area contributed by atoms with E-state index in [1.165, 1.54) is 25.9 Å². The third kappa shape index (κ3) is 4.49. The van der Waals surface area contributed by atoms with E-state index in [1.54, 1.807) is 4.90 Å². The van der Waals surface area contributed by atoms with Crippen LogP contribution in [0, 0.1) is 11.7 Å². The highest BCUT2D eigenvalue weighted by Gasteiger charge is 2.37. The quantitative estimate of drug-likeness (QED) is 0.831. The van der Waals surface area contributed by atoms with E-state index in [4.69, 9.17) is 4.74 Å². The number of sulfonamides is 1. The van der Waals surface area contributed by atoms with E-state index in [0.717, 1.165) is 43.5 Å². The second-order valence-corrected chi connectivity index (χ2v) is 8.50. The van der Waals surface area contributed by atoms with Crippen LogP contribution in [0.2, 0.25) is 0 Å². The van der Waals surface area contributed by atoms with Gasteiger partial charge in [0.25, 0.3) is 10.0 Å². The minimum Gasteiger partial charge on any atom is -0.448 e. The highest BCUT2D eigenvalue weighted by atomic mass is 32.2. The van der Waals surface area contributed by atoms with E-state index in [2.05, 4.69) is 0 Å². The molecule has 25 heavy (non-hydrogen) atoms. The molecule has 2 fully saturated rings. The summed E-state index contributed by atoms with van der Waals surface area (Å²) in [5.41, 5.74) is 0. The van der Waals surface area contributed by atoms with Crippen molar-refractivity contribution in [2.24, 2.45) is 5.92 Å². The lowest BCUT2D eigenvalue weighted by molar-refractivity contribution is -0.940. The second-order valence-electron chi connectivity index (χ2n) is 6.82. The van der Waals surface area contributed by atoms with Crippen molar-refractivity contribution in [1.82, 2.24) is 4.72 Å². The summed E-state index contributed by atoms with van der Waals surface area (Å²) in [6.07, 6.45) is 4.72. The minimum absolute atomic E-state index is 0.175. The SMILES string of the molecule is O=C(NS(=O)(=O)c1ccc(F)cc1)OC[C@@H]1CCC[NH+]2CCCC[C@H]12. The zero-order valence-corrected chi connectivity index (χ0v) is 14.9. The maximum atomic E-state index is 12.9. The fourth-order valence-corrected chi connectivity index (χ4v) is 4.86. The summed E-state index contributed by atoms with van der Waals surface area (Å²) in [5, 5.41) is 0. The Labute approximate surface area is 147 Å². The first-order valence-electron chi connectivity index (χ1n) is 8.75. The Kier molecular flexibility index (Phi) is 5.58. The Morgan fingerprint density at radius 1 is 1.16 bits per heavy atom. The first-order chi connectivity index (χ1) is 12.0. The normalized spacial score (nSPS) is 26.5. The molecular formula is C17H24FN2O4S+. The van der Waals surface area contributed by atoms with Gasteiger partial charge >= 0.3 is 6.09 Å². The molecule has 0 aromatic heterocycles. The summed E-state index contributed by atoms with van der Waals surface area (Å²) in [4.78, 5) is 13.3. The lowest BCUT2D eigenvalue weighted by Gasteiger charge is -2.40. The van der Waals surface area contributed by atoms with Crippen LogP contribution in [0.3, 0.4) is 0 Å². The average molecular weight is 371 g/mol. The molecule has 6 nitrogen and oxygen atoms in total. The van der Waals surface area contributed by atoms with Crippen LogP contribution in [0.15, 0.2) is 29.2 Å². The summed E-state index contributed by atoms with van der Waals surface area (Å²) in [6.45, 7) is 2.58. The molecule has 0 aliphatic carbocycles. The summed E-state index contributed by atoms with van der Waals surface area (Å²) in [7, 11) is -4.05. The van der Waals surface area contributed by atoms with E-state index in [0.29, 0.717) is 6.04 Å². The van der Waals surface area contributed by atoms with Gasteiger partial charge < -0.3 is 9.64 Å². The summed E-state index contributed by atoms with van der Waals surface area (Å²) in [5.74, 6) is -0.262. The Bertz CT molecular complexity index is 706. The van der Waals surface area contributed by atoms with Gasteiger partial charge in [0.2, 0.25) is 0 Å². The summed E-state index contributed by atoms with van der Waals surface area (Å²) in [6, 6.07) is 4.78. The molecule has 0 spiro atoms. The molecule has 2 saturated heterocycles. The lowest BCUT2D eigenvalue weighted by Crippen LogP contribution is -3.18. The molecule has 1 amide bonds. The molecule has 8 heteroatoms. The van der Waals surface area contributed by atoms with Gasteiger partial charge in [0.15, 0.2) is 0 Å². The van der Waals surface area contributed by atoms with Crippen molar-refractivity contribution in [3.05, 3.63) is 30.1 Å². The molecule has 3 rings (SSSR count). The highest BCUT2D eigenvalue weighted by molar-refractivity contribution is 7.90. The van der Waals surface area contributed by atoms with Crippen molar-refractivity contribution < 1.29 is 27.2 Å². The van der Waals surface area contributed by atoms with Gasteiger partial charge in [-0.05, 0) is 56.4 Å². The van der Waals surface area contributed by atoms with E-state index >= 15 is 0 Å². The summed E-state index contributed by atoms with van der Waals surface area (Å²) < 4.78 is 44.2. The molecule has 0 radical (unpaired) electrons. The molecule has 2 aliphatic heterocycles. The first kappa shape index (κ1) is 18.1. The number of hydrogen-bond acceptors (Lipinski definition) is 4. The fourth-order valence-electron chi connectivity index (χ4n) is 3.97. The van der Waals surface area contributed by atoms with Gasteiger partial charge in [0.1, 0.15) is 12.4 Å². The van der Waals surface area contributed by atoms with Gasteiger partial charge in [-0.2, -0.15) is 0 Å². The molecule has 2 N–H and O–H groups in total. The van der Waals surface area contributed by atoms with Crippen molar-refractivity contribution in [3.63, 3.8) is 0 Å². The molecule has 2 aliphatic rings. The molecular weight excluding hydrogens is 347 g/mol. The van der Waals surface area contributed by atoms with Gasteiger partial charge in [-0.15, -0.1) is 0 Å². The number of quaternary nitrogens is 1. The lowest BCUT2D eigenvalue weighted by atomic mass is 9.84. The van der Waals surface area contributed by atoms with Crippen molar-refractivity contribution in [2.75, 3.05) is 19.7 Å². The largest absolute Gasteiger partial charge is 0.448 e. The Morgan fingerprint density at radius 3 is 2.64 bits per heavy atom. The number of rotatable bonds is 4. The van der Waals surface area contributed by atoms with Gasteiger partial charge in [-0.3, -0.25) is 0 Å². The number of ether oxygens (including phenoxy) is 1. The molecule has 3 atom stereocenters. The van der Waals surface area contributed by atoms with Crippen molar-refractivity contribution in [3.8, 4) is 0 Å². The van der Waals surface area contributed by atoms with Crippen LogP contribution in [0.4, 0.5) is 9.18 Å². The predicted octanol–water partition coefficient (Wildman–Crippen LogP) is 1.09. The number of fused-ring (bicyclic) bond motifs is 1. The number of benzene rings is 1. The van der Waals surface area contributed by atoms with Crippen LogP contribution >= 0.6 is 0 Å². The highest BCUT2D eigenvalue weighted by Crippen LogP contribution is 2.20. The van der Waals surface area contributed by atoms with E-state index in [-0.39, 0.29) is 17.4 Å². The van der Waals surface area contributed by atoms with Crippen LogP contribution in [0.1, 0.15) is 32.1 Å². The van der Waals surface area contributed by atoms with Crippen molar-refractivity contribution >= 4 is 16.1 Å². The molecule has 138 valence electrons. The van der Waals surface area contributed by atoms with Crippen LogP contribution in [0.5, 0.6) is 0 Å². The Morgan fingerprint density at radius 2 is 1.88 bits per heavy atom. The standard InChI is InChI=1S/C17H23FN2O4S/c18-14-6-8-15(9-7-14)25(22,23)19-17(21)24-12-13-4-3-11-20-10-2-1-5-16(13)20/h6-9,13,16H,1-5,10-12H2,(H,19,21)/p+1/t13-,16+/m0/s1. The molecule has 0 bridgehead atoms. The van der Waals surface area contributed by atoms with Crippen molar-refractivity contribution in [1.29, 1.82) is 0 Å². The molecule has 1 aromatic rings. The van der Waals surface area contributed by atoms with E-state index < -0.39 is 21.9 Å². The number of hydrogen-bond donors (Lipinski definition) is 2. The maximum absolute atomic E-state index is 12.9. The zero-order chi connectivity index (χ0) is 17.9. The van der Waals surface area contributed by atoms with Crippen molar-refractivity contribution in [2.45, 2.75) is 43.0 Å². The molecule has 1 aromatic carbocycles. The zero-order valence-electron chi connectivity index (χ0n) is 14.0. The van der Waals surface area contributed by atoms with Gasteiger partial charge in [-0.1, -0.05) is 0 Å². The molecule has 2 heterocycles. The minimum atomic E-state index is -4.05. The second kappa shape index (κ2) is 7.70. The van der Waals surface area contributed by atoms with Crippen LogP contribution in [-0.2, 0) is 14.8 Å². The molecule has 1 unspecified atom stereocenters. The number of piperidine rings is 2. The molecule has 0 saturated carbocycles.